The number of nitrogens with zero attached hydrogens (tertiary/aromatic N) is 2. The smallest absolute Gasteiger partial charge is 0.307 e. The van der Waals surface area contributed by atoms with E-state index in [-0.39, 0.29) is 18.4 Å². The average Bonchev–Trinajstić information content (AvgIpc) is 2.66. The van der Waals surface area contributed by atoms with Crippen LogP contribution in [-0.2, 0) is 16.1 Å². The number of hydrogen-bond donors (Lipinski definition) is 1. The lowest BCUT2D eigenvalue weighted by Gasteiger charge is -2.12. The number of carbonyl (C=O) groups is 1. The first-order valence-corrected chi connectivity index (χ1v) is 5.03. The maximum absolute atomic E-state index is 11.1. The molecular weight excluding hydrogens is 194 g/mol. The third kappa shape index (κ3) is 3.06. The van der Waals surface area contributed by atoms with Gasteiger partial charge in [0.1, 0.15) is 0 Å². The van der Waals surface area contributed by atoms with Crippen LogP contribution in [0.2, 0.25) is 0 Å². The fraction of sp³-hybridized carbons (Fsp3) is 0.600. The fourth-order valence-corrected chi connectivity index (χ4v) is 1.42. The minimum Gasteiger partial charge on any atom is -0.469 e. The van der Waals surface area contributed by atoms with Crippen molar-refractivity contribution in [2.45, 2.75) is 32.4 Å². The number of methoxy groups -OCH3 is 1. The lowest BCUT2D eigenvalue weighted by atomic mass is 10.1. The van der Waals surface area contributed by atoms with Crippen molar-refractivity contribution in [1.29, 1.82) is 0 Å². The van der Waals surface area contributed by atoms with Crippen LogP contribution in [0.3, 0.4) is 0 Å². The number of aromatic nitrogens is 2. The van der Waals surface area contributed by atoms with E-state index in [1.807, 2.05) is 10.7 Å². The molecule has 0 aliphatic rings. The van der Waals surface area contributed by atoms with Gasteiger partial charge >= 0.3 is 5.97 Å². The van der Waals surface area contributed by atoms with Gasteiger partial charge in [0.05, 0.1) is 25.3 Å². The largest absolute Gasteiger partial charge is 0.469 e. The molecule has 0 unspecified atom stereocenters. The highest BCUT2D eigenvalue weighted by atomic mass is 16.5. The Morgan fingerprint density at radius 1 is 1.73 bits per heavy atom. The summed E-state index contributed by atoms with van der Waals surface area (Å²) in [6, 6.07) is 1.50. The van der Waals surface area contributed by atoms with Gasteiger partial charge in [-0.05, 0) is 12.5 Å². The molecule has 1 aromatic heterocycles. The summed E-state index contributed by atoms with van der Waals surface area (Å²) >= 11 is 0. The van der Waals surface area contributed by atoms with Crippen LogP contribution in [0.4, 0.5) is 0 Å². The predicted molar refractivity (Wildman–Crippen MR) is 56.1 cm³/mol. The van der Waals surface area contributed by atoms with Crippen LogP contribution in [0.25, 0.3) is 0 Å². The second-order valence-corrected chi connectivity index (χ2v) is 3.37. The lowest BCUT2D eigenvalue weighted by Crippen LogP contribution is -2.20. The highest BCUT2D eigenvalue weighted by molar-refractivity contribution is 5.70. The standard InChI is InChI=1S/C10H17N3O2/c1-3-6-13-9(4-5-12-13)8(11)7-10(14)15-2/h4-5,8H,3,6-7,11H2,1-2H3/t8-/m0/s1. The van der Waals surface area contributed by atoms with Gasteiger partial charge in [0.2, 0.25) is 0 Å². The van der Waals surface area contributed by atoms with Gasteiger partial charge in [0.25, 0.3) is 0 Å². The Morgan fingerprint density at radius 3 is 3.07 bits per heavy atom. The van der Waals surface area contributed by atoms with E-state index in [4.69, 9.17) is 5.73 Å². The molecule has 0 fully saturated rings. The zero-order valence-corrected chi connectivity index (χ0v) is 9.14. The minimum atomic E-state index is -0.341. The summed E-state index contributed by atoms with van der Waals surface area (Å²) in [6.07, 6.45) is 2.87. The van der Waals surface area contributed by atoms with Crippen LogP contribution in [0.15, 0.2) is 12.3 Å². The maximum Gasteiger partial charge on any atom is 0.307 e. The molecule has 0 bridgehead atoms. The van der Waals surface area contributed by atoms with Crippen molar-refractivity contribution in [1.82, 2.24) is 9.78 Å². The van der Waals surface area contributed by atoms with Crippen LogP contribution >= 0.6 is 0 Å². The van der Waals surface area contributed by atoms with E-state index in [0.717, 1.165) is 18.7 Å². The fourth-order valence-electron chi connectivity index (χ4n) is 1.42. The van der Waals surface area contributed by atoms with E-state index >= 15 is 0 Å². The molecule has 15 heavy (non-hydrogen) atoms. The molecular formula is C10H17N3O2. The molecule has 0 aromatic carbocycles. The summed E-state index contributed by atoms with van der Waals surface area (Å²) in [5.74, 6) is -0.299. The predicted octanol–water partition coefficient (Wildman–Crippen LogP) is 0.856. The average molecular weight is 211 g/mol. The summed E-state index contributed by atoms with van der Waals surface area (Å²) in [5, 5.41) is 4.14. The van der Waals surface area contributed by atoms with Gasteiger partial charge in [-0.25, -0.2) is 0 Å². The van der Waals surface area contributed by atoms with Gasteiger partial charge < -0.3 is 10.5 Å². The Hall–Kier alpha value is -1.36. The second-order valence-electron chi connectivity index (χ2n) is 3.37. The molecule has 0 spiro atoms. The first kappa shape index (κ1) is 11.7. The Bertz CT molecular complexity index is 322. The normalized spacial score (nSPS) is 12.5. The quantitative estimate of drug-likeness (QED) is 0.733. The summed E-state index contributed by atoms with van der Waals surface area (Å²) in [4.78, 5) is 11.1. The maximum atomic E-state index is 11.1. The summed E-state index contributed by atoms with van der Waals surface area (Å²) in [7, 11) is 1.36. The summed E-state index contributed by atoms with van der Waals surface area (Å²) in [6.45, 7) is 2.88. The minimum absolute atomic E-state index is 0.186. The van der Waals surface area contributed by atoms with Crippen molar-refractivity contribution >= 4 is 5.97 Å². The lowest BCUT2D eigenvalue weighted by molar-refractivity contribution is -0.141. The van der Waals surface area contributed by atoms with Crippen molar-refractivity contribution in [3.63, 3.8) is 0 Å². The van der Waals surface area contributed by atoms with E-state index in [1.54, 1.807) is 6.20 Å². The van der Waals surface area contributed by atoms with E-state index < -0.39 is 0 Å². The summed E-state index contributed by atoms with van der Waals surface area (Å²) in [5.41, 5.74) is 6.76. The topological polar surface area (TPSA) is 70.1 Å². The number of carbonyl (C=O) groups excluding carboxylic acids is 1. The Balaban J connectivity index is 2.68. The van der Waals surface area contributed by atoms with Gasteiger partial charge in [-0.15, -0.1) is 0 Å². The van der Waals surface area contributed by atoms with Gasteiger partial charge in [-0.2, -0.15) is 5.10 Å². The van der Waals surface area contributed by atoms with Crippen molar-refractivity contribution in [2.75, 3.05) is 7.11 Å². The highest BCUT2D eigenvalue weighted by Crippen LogP contribution is 2.14. The number of nitrogens with two attached hydrogens (primary N) is 1. The zero-order chi connectivity index (χ0) is 11.3. The van der Waals surface area contributed by atoms with E-state index in [0.29, 0.717) is 0 Å². The number of aryl methyl sites for hydroxylation is 1. The third-order valence-corrected chi connectivity index (χ3v) is 2.18. The van der Waals surface area contributed by atoms with Crippen molar-refractivity contribution in [2.24, 2.45) is 5.73 Å². The molecule has 84 valence electrons. The van der Waals surface area contributed by atoms with Gasteiger partial charge in [-0.1, -0.05) is 6.92 Å². The van der Waals surface area contributed by atoms with Crippen LogP contribution in [0, 0.1) is 0 Å². The molecule has 1 heterocycles. The van der Waals surface area contributed by atoms with Crippen LogP contribution in [0.5, 0.6) is 0 Å². The van der Waals surface area contributed by atoms with E-state index in [2.05, 4.69) is 16.8 Å². The van der Waals surface area contributed by atoms with Crippen molar-refractivity contribution < 1.29 is 9.53 Å². The molecule has 1 aromatic rings. The van der Waals surface area contributed by atoms with Crippen molar-refractivity contribution in [3.8, 4) is 0 Å². The molecule has 0 saturated carbocycles. The summed E-state index contributed by atoms with van der Waals surface area (Å²) < 4.78 is 6.40. The van der Waals surface area contributed by atoms with Gasteiger partial charge in [0.15, 0.2) is 0 Å². The molecule has 0 amide bonds. The molecule has 5 nitrogen and oxygen atoms in total. The molecule has 1 atom stereocenters. The second kappa shape index (κ2) is 5.50. The highest BCUT2D eigenvalue weighted by Gasteiger charge is 2.15. The van der Waals surface area contributed by atoms with E-state index in [9.17, 15) is 4.79 Å². The first-order chi connectivity index (χ1) is 7.19. The Kier molecular flexibility index (Phi) is 4.30. The number of esters is 1. The third-order valence-electron chi connectivity index (χ3n) is 2.18. The molecule has 2 N–H and O–H groups in total. The SMILES string of the molecule is CCCn1nccc1[C@@H](N)CC(=O)OC. The van der Waals surface area contributed by atoms with Crippen LogP contribution in [0.1, 0.15) is 31.5 Å². The Morgan fingerprint density at radius 2 is 2.47 bits per heavy atom. The molecule has 0 aliphatic heterocycles. The Labute approximate surface area is 89.2 Å². The number of ether oxygens (including phenoxy) is 1. The monoisotopic (exact) mass is 211 g/mol. The molecule has 5 heteroatoms. The molecule has 1 rings (SSSR count). The number of hydrogen-bond acceptors (Lipinski definition) is 4. The molecule has 0 aliphatic carbocycles. The van der Waals surface area contributed by atoms with E-state index in [1.165, 1.54) is 7.11 Å². The molecule has 0 saturated heterocycles. The van der Waals surface area contributed by atoms with Crippen LogP contribution in [-0.4, -0.2) is 22.9 Å². The van der Waals surface area contributed by atoms with Gasteiger partial charge in [-0.3, -0.25) is 9.48 Å². The first-order valence-electron chi connectivity index (χ1n) is 5.03. The number of rotatable bonds is 5. The van der Waals surface area contributed by atoms with Gasteiger partial charge in [0, 0.05) is 12.7 Å². The molecule has 0 radical (unpaired) electrons. The zero-order valence-electron chi connectivity index (χ0n) is 9.14. The van der Waals surface area contributed by atoms with Crippen LogP contribution < -0.4 is 5.73 Å². The van der Waals surface area contributed by atoms with Crippen molar-refractivity contribution in [3.05, 3.63) is 18.0 Å².